The Morgan fingerprint density at radius 2 is 2.04 bits per heavy atom. The van der Waals surface area contributed by atoms with E-state index in [1.165, 1.54) is 11.1 Å². The first-order valence-corrected chi connectivity index (χ1v) is 9.40. The van der Waals surface area contributed by atoms with Crippen LogP contribution in [0.4, 0.5) is 0 Å². The van der Waals surface area contributed by atoms with Crippen molar-refractivity contribution in [1.82, 2.24) is 15.5 Å². The smallest absolute Gasteiger partial charge is 0.242 e. The van der Waals surface area contributed by atoms with E-state index in [9.17, 15) is 4.79 Å². The zero-order valence-electron chi connectivity index (χ0n) is 15.6. The minimum absolute atomic E-state index is 0.0372. The Hall–Kier alpha value is -2.95. The molecule has 5 heteroatoms. The van der Waals surface area contributed by atoms with Crippen LogP contribution in [0.5, 0.6) is 0 Å². The predicted octanol–water partition coefficient (Wildman–Crippen LogP) is 2.22. The monoisotopic (exact) mass is 362 g/mol. The van der Waals surface area contributed by atoms with Crippen LogP contribution in [0.3, 0.4) is 0 Å². The van der Waals surface area contributed by atoms with Crippen molar-refractivity contribution in [2.75, 3.05) is 6.54 Å². The Balaban J connectivity index is 1.42. The molecule has 4 rings (SSSR count). The Bertz CT molecular complexity index is 896. The van der Waals surface area contributed by atoms with Gasteiger partial charge in [0.1, 0.15) is 6.04 Å². The van der Waals surface area contributed by atoms with Gasteiger partial charge in [0, 0.05) is 36.5 Å². The fourth-order valence-corrected chi connectivity index (χ4v) is 4.04. The molecule has 1 fully saturated rings. The number of nitrogens with one attached hydrogen (secondary N) is 2. The highest BCUT2D eigenvalue weighted by molar-refractivity contribution is 5.82. The minimum Gasteiger partial charge on any atom is -0.397 e. The minimum atomic E-state index is -0.154. The van der Waals surface area contributed by atoms with Crippen molar-refractivity contribution in [2.45, 2.75) is 38.4 Å². The van der Waals surface area contributed by atoms with E-state index >= 15 is 0 Å². The maximum atomic E-state index is 12.3. The maximum Gasteiger partial charge on any atom is 0.242 e. The van der Waals surface area contributed by atoms with Gasteiger partial charge in [-0.15, -0.1) is 0 Å². The molecule has 2 aliphatic heterocycles. The molecular formula is C22H26N4O. The summed E-state index contributed by atoms with van der Waals surface area (Å²) in [5, 5.41) is 6.17. The van der Waals surface area contributed by atoms with Crippen LogP contribution in [0, 0.1) is 0 Å². The number of carbonyl (C=O) groups is 1. The van der Waals surface area contributed by atoms with Crippen LogP contribution in [-0.2, 0) is 24.3 Å². The number of carbonyl (C=O) groups excluding carboxylic acids is 1. The third-order valence-electron chi connectivity index (χ3n) is 5.73. The van der Waals surface area contributed by atoms with E-state index in [1.807, 2.05) is 0 Å². The average Bonchev–Trinajstić information content (AvgIpc) is 3.12. The number of benzene rings is 1. The lowest BCUT2D eigenvalue weighted by Gasteiger charge is -2.39. The number of rotatable bonds is 4. The summed E-state index contributed by atoms with van der Waals surface area (Å²) in [7, 11) is 0. The molecule has 1 amide bonds. The van der Waals surface area contributed by atoms with Crippen LogP contribution in [-0.4, -0.2) is 23.4 Å². The van der Waals surface area contributed by atoms with Gasteiger partial charge in [-0.25, -0.2) is 0 Å². The van der Waals surface area contributed by atoms with E-state index in [1.54, 1.807) is 0 Å². The second-order valence-electron chi connectivity index (χ2n) is 7.55. The normalized spacial score (nSPS) is 21.7. The highest BCUT2D eigenvalue weighted by Gasteiger charge is 2.30. The van der Waals surface area contributed by atoms with Gasteiger partial charge < -0.3 is 21.3 Å². The van der Waals surface area contributed by atoms with Gasteiger partial charge in [0.25, 0.3) is 0 Å². The summed E-state index contributed by atoms with van der Waals surface area (Å²) in [6.07, 6.45) is 2.66. The zero-order valence-corrected chi connectivity index (χ0v) is 15.6. The molecule has 2 heterocycles. The molecule has 140 valence electrons. The number of fused-ring (bicyclic) bond motifs is 1. The first-order valence-electron chi connectivity index (χ1n) is 9.40. The van der Waals surface area contributed by atoms with Crippen LogP contribution in [0.2, 0.25) is 0 Å². The fourth-order valence-electron chi connectivity index (χ4n) is 4.04. The molecule has 3 aliphatic rings. The van der Waals surface area contributed by atoms with Crippen LogP contribution in [0.15, 0.2) is 66.2 Å². The molecule has 0 unspecified atom stereocenters. The van der Waals surface area contributed by atoms with Crippen molar-refractivity contribution in [3.63, 3.8) is 0 Å². The maximum absolute atomic E-state index is 12.3. The molecule has 0 bridgehead atoms. The topological polar surface area (TPSA) is 70.4 Å². The number of nitrogens with zero attached hydrogens (tertiary/aromatic N) is 1. The third kappa shape index (κ3) is 3.14. The van der Waals surface area contributed by atoms with Gasteiger partial charge in [0.2, 0.25) is 5.91 Å². The molecule has 0 spiro atoms. The van der Waals surface area contributed by atoms with E-state index in [4.69, 9.17) is 5.73 Å². The lowest BCUT2D eigenvalue weighted by molar-refractivity contribution is -0.122. The Labute approximate surface area is 160 Å². The second-order valence-corrected chi connectivity index (χ2v) is 7.55. The molecule has 1 aromatic rings. The molecular weight excluding hydrogens is 336 g/mol. The van der Waals surface area contributed by atoms with Crippen molar-refractivity contribution in [3.8, 4) is 0 Å². The number of amides is 1. The van der Waals surface area contributed by atoms with Crippen LogP contribution in [0.1, 0.15) is 29.5 Å². The Morgan fingerprint density at radius 3 is 2.74 bits per heavy atom. The molecule has 0 radical (unpaired) electrons. The zero-order chi connectivity index (χ0) is 19.1. The molecule has 0 aromatic heterocycles. The van der Waals surface area contributed by atoms with Crippen molar-refractivity contribution < 1.29 is 4.79 Å². The number of hydrogen-bond acceptors (Lipinski definition) is 4. The lowest BCUT2D eigenvalue weighted by Crippen LogP contribution is -2.39. The van der Waals surface area contributed by atoms with Gasteiger partial charge >= 0.3 is 0 Å². The molecule has 27 heavy (non-hydrogen) atoms. The highest BCUT2D eigenvalue weighted by Crippen LogP contribution is 2.38. The quantitative estimate of drug-likeness (QED) is 0.768. The summed E-state index contributed by atoms with van der Waals surface area (Å²) < 4.78 is 0. The average molecular weight is 362 g/mol. The number of allylic oxidation sites excluding steroid dienone is 3. The predicted molar refractivity (Wildman–Crippen MR) is 107 cm³/mol. The summed E-state index contributed by atoms with van der Waals surface area (Å²) in [6.45, 7) is 14.2. The third-order valence-corrected chi connectivity index (χ3v) is 5.73. The summed E-state index contributed by atoms with van der Waals surface area (Å²) in [5.74, 6) is 0.0372. The van der Waals surface area contributed by atoms with Crippen molar-refractivity contribution in [2.24, 2.45) is 5.73 Å². The van der Waals surface area contributed by atoms with E-state index in [0.29, 0.717) is 6.54 Å². The Kier molecular flexibility index (Phi) is 4.30. The van der Waals surface area contributed by atoms with E-state index in [0.717, 1.165) is 66.2 Å². The van der Waals surface area contributed by atoms with Crippen LogP contribution >= 0.6 is 0 Å². The second kappa shape index (κ2) is 6.65. The summed E-state index contributed by atoms with van der Waals surface area (Å²) in [6, 6.07) is 6.32. The van der Waals surface area contributed by atoms with Crippen molar-refractivity contribution in [1.29, 1.82) is 0 Å². The van der Waals surface area contributed by atoms with Crippen molar-refractivity contribution >= 4 is 5.91 Å². The summed E-state index contributed by atoms with van der Waals surface area (Å²) in [5.41, 5.74) is 14.4. The van der Waals surface area contributed by atoms with Crippen molar-refractivity contribution in [3.05, 3.63) is 82.9 Å². The molecule has 1 atom stereocenters. The molecule has 1 aromatic carbocycles. The first kappa shape index (κ1) is 17.5. The number of nitrogens with two attached hydrogens (primary N) is 1. The van der Waals surface area contributed by atoms with Gasteiger partial charge in [-0.2, -0.15) is 0 Å². The number of hydrogen-bond donors (Lipinski definition) is 3. The molecule has 1 aliphatic carbocycles. The van der Waals surface area contributed by atoms with Gasteiger partial charge in [-0.05, 0) is 36.0 Å². The van der Waals surface area contributed by atoms with Gasteiger partial charge in [-0.3, -0.25) is 4.79 Å². The largest absolute Gasteiger partial charge is 0.397 e. The summed E-state index contributed by atoms with van der Waals surface area (Å²) >= 11 is 0. The highest BCUT2D eigenvalue weighted by atomic mass is 16.2. The van der Waals surface area contributed by atoms with E-state index in [2.05, 4.69) is 53.5 Å². The molecule has 4 N–H and O–H groups in total. The van der Waals surface area contributed by atoms with E-state index in [-0.39, 0.29) is 11.9 Å². The Morgan fingerprint density at radius 1 is 1.22 bits per heavy atom. The van der Waals surface area contributed by atoms with Gasteiger partial charge in [0.15, 0.2) is 0 Å². The fraction of sp³-hybridized carbons (Fsp3) is 0.318. The molecule has 5 nitrogen and oxygen atoms in total. The molecule has 1 saturated heterocycles. The van der Waals surface area contributed by atoms with Crippen LogP contribution < -0.4 is 16.4 Å². The van der Waals surface area contributed by atoms with E-state index < -0.39 is 0 Å². The SMILES string of the molecule is C=C1CC[C@H](C(=O)NCc2ccc3c(c2)CN(C2=C(N)C(=C)C2=C)CC3)N1. The lowest BCUT2D eigenvalue weighted by atomic mass is 9.87. The van der Waals surface area contributed by atoms with Gasteiger partial charge in [-0.1, -0.05) is 37.9 Å². The standard InChI is InChI=1S/C22H26N4O/c1-13-4-7-19(25-13)22(27)24-11-16-5-6-17-8-9-26(12-18(17)10-16)21-15(3)14(2)20(21)23/h5-6,10,19,25H,1-4,7-9,11-12,23H2,(H,24,27)/t19-/m1/s1. The van der Waals surface area contributed by atoms with Crippen LogP contribution in [0.25, 0.3) is 0 Å². The molecule has 0 saturated carbocycles. The van der Waals surface area contributed by atoms with Gasteiger partial charge in [0.05, 0.1) is 11.4 Å². The summed E-state index contributed by atoms with van der Waals surface area (Å²) in [4.78, 5) is 14.6. The first-order chi connectivity index (χ1) is 12.9.